The number of hydrogen-bond donors (Lipinski definition) is 4. The molecule has 4 N–H and O–H groups in total. The molecule has 4 atom stereocenters. The number of rotatable bonds is 5. The first-order valence-electron chi connectivity index (χ1n) is 9.51. The highest BCUT2D eigenvalue weighted by Gasteiger charge is 2.47. The number of imidazole rings is 1. The van der Waals surface area contributed by atoms with Crippen LogP contribution >= 0.6 is 0 Å². The van der Waals surface area contributed by atoms with Gasteiger partial charge in [-0.15, -0.1) is 0 Å². The number of aliphatic hydroxyl groups is 2. The lowest BCUT2D eigenvalue weighted by Crippen LogP contribution is -2.41. The number of fused-ring (bicyclic) bond motifs is 1. The zero-order valence-electron chi connectivity index (χ0n) is 16.6. The fraction of sp³-hybridized carbons (Fsp3) is 0.368. The van der Waals surface area contributed by atoms with Crippen molar-refractivity contribution >= 4 is 22.9 Å². The molecule has 1 aromatic carbocycles. The van der Waals surface area contributed by atoms with E-state index < -0.39 is 42.2 Å². The van der Waals surface area contributed by atoms with Crippen LogP contribution in [0.2, 0.25) is 0 Å². The van der Waals surface area contributed by atoms with Gasteiger partial charge in [0.2, 0.25) is 0 Å². The van der Waals surface area contributed by atoms with Crippen LogP contribution in [0.25, 0.3) is 11.2 Å². The summed E-state index contributed by atoms with van der Waals surface area (Å²) in [5.41, 5.74) is 0.135. The van der Waals surface area contributed by atoms with E-state index in [1.807, 2.05) is 0 Å². The number of halogens is 3. The zero-order chi connectivity index (χ0) is 23.0. The van der Waals surface area contributed by atoms with Gasteiger partial charge in [0.25, 0.3) is 5.91 Å². The second kappa shape index (κ2) is 8.33. The first-order chi connectivity index (χ1) is 15.2. The largest absolute Gasteiger partial charge is 0.416 e. The summed E-state index contributed by atoms with van der Waals surface area (Å²) < 4.78 is 45.6. The number of nitrogens with one attached hydrogen (secondary N) is 2. The Kier molecular flexibility index (Phi) is 5.71. The third kappa shape index (κ3) is 3.97. The summed E-state index contributed by atoms with van der Waals surface area (Å²) >= 11 is 0. The molecule has 32 heavy (non-hydrogen) atoms. The number of benzene rings is 1. The van der Waals surface area contributed by atoms with Gasteiger partial charge >= 0.3 is 6.18 Å². The van der Waals surface area contributed by atoms with Gasteiger partial charge < -0.3 is 25.6 Å². The second-order valence-corrected chi connectivity index (χ2v) is 7.14. The number of amides is 1. The maximum atomic E-state index is 12.9. The number of likely N-dealkylation sites (N-methyl/N-ethyl adjacent to an activating group) is 1. The van der Waals surface area contributed by atoms with Gasteiger partial charge in [-0.1, -0.05) is 12.1 Å². The van der Waals surface area contributed by atoms with Crippen LogP contribution in [0.5, 0.6) is 0 Å². The van der Waals surface area contributed by atoms with E-state index in [1.54, 1.807) is 6.07 Å². The molecule has 4 rings (SSSR count). The highest BCUT2D eigenvalue weighted by atomic mass is 19.4. The molecule has 3 heterocycles. The third-order valence-corrected chi connectivity index (χ3v) is 5.09. The predicted octanol–water partition coefficient (Wildman–Crippen LogP) is 0.822. The monoisotopic (exact) mass is 452 g/mol. The van der Waals surface area contributed by atoms with E-state index in [0.717, 1.165) is 12.1 Å². The highest BCUT2D eigenvalue weighted by molar-refractivity contribution is 5.83. The van der Waals surface area contributed by atoms with Crippen LogP contribution in [0.1, 0.15) is 17.4 Å². The van der Waals surface area contributed by atoms with E-state index in [1.165, 1.54) is 30.3 Å². The number of nitrogens with zero attached hydrogens (tertiary/aromatic N) is 4. The normalized spacial score (nSPS) is 23.4. The maximum Gasteiger partial charge on any atom is 0.416 e. The standard InChI is InChI=1S/C19H19F3N6O4/c1-23-17(31)14-12(29)13(30)18(32-14)28-8-27-11-15(25-7-26-16(11)28)24-6-9-3-2-4-10(5-9)19(20,21)22/h2-5,7-8,12-14,18,29-30H,6H2,1H3,(H,23,31)(H,24,25,26). The highest BCUT2D eigenvalue weighted by Crippen LogP contribution is 2.33. The van der Waals surface area contributed by atoms with Gasteiger partial charge in [-0.05, 0) is 17.7 Å². The summed E-state index contributed by atoms with van der Waals surface area (Å²) in [4.78, 5) is 24.3. The van der Waals surface area contributed by atoms with Crippen molar-refractivity contribution in [3.63, 3.8) is 0 Å². The van der Waals surface area contributed by atoms with Gasteiger partial charge in [0.05, 0.1) is 11.9 Å². The molecule has 1 saturated heterocycles. The molecule has 1 aliphatic heterocycles. The molecular weight excluding hydrogens is 433 g/mol. The average Bonchev–Trinajstić information content (AvgIpc) is 3.33. The van der Waals surface area contributed by atoms with Crippen molar-refractivity contribution in [2.75, 3.05) is 12.4 Å². The smallest absolute Gasteiger partial charge is 0.387 e. The number of carbonyl (C=O) groups excluding carboxylic acids is 1. The molecule has 0 bridgehead atoms. The second-order valence-electron chi connectivity index (χ2n) is 7.14. The number of carbonyl (C=O) groups is 1. The van der Waals surface area contributed by atoms with Crippen molar-refractivity contribution < 1.29 is 32.9 Å². The van der Waals surface area contributed by atoms with Crippen LogP contribution < -0.4 is 10.6 Å². The lowest BCUT2D eigenvalue weighted by Gasteiger charge is -2.16. The number of anilines is 1. The van der Waals surface area contributed by atoms with Gasteiger partial charge in [-0.2, -0.15) is 13.2 Å². The predicted molar refractivity (Wildman–Crippen MR) is 104 cm³/mol. The summed E-state index contributed by atoms with van der Waals surface area (Å²) in [6.45, 7) is 0.0445. The molecule has 13 heteroatoms. The fourth-order valence-corrected chi connectivity index (χ4v) is 3.46. The molecule has 10 nitrogen and oxygen atoms in total. The maximum absolute atomic E-state index is 12.9. The third-order valence-electron chi connectivity index (χ3n) is 5.09. The molecule has 1 amide bonds. The Morgan fingerprint density at radius 1 is 1.22 bits per heavy atom. The number of hydrogen-bond acceptors (Lipinski definition) is 8. The van der Waals surface area contributed by atoms with E-state index >= 15 is 0 Å². The van der Waals surface area contributed by atoms with Gasteiger partial charge in [0.1, 0.15) is 18.5 Å². The van der Waals surface area contributed by atoms with Crippen LogP contribution in [0.3, 0.4) is 0 Å². The molecule has 4 unspecified atom stereocenters. The molecule has 2 aromatic heterocycles. The van der Waals surface area contributed by atoms with Crippen LogP contribution in [-0.2, 0) is 22.3 Å². The Balaban J connectivity index is 1.57. The Morgan fingerprint density at radius 3 is 2.72 bits per heavy atom. The van der Waals surface area contributed by atoms with Crippen molar-refractivity contribution in [3.05, 3.63) is 48.0 Å². The van der Waals surface area contributed by atoms with Crippen LogP contribution in [0.15, 0.2) is 36.9 Å². The first-order valence-corrected chi connectivity index (χ1v) is 9.51. The molecule has 1 fully saturated rings. The van der Waals surface area contributed by atoms with Gasteiger partial charge in [0.15, 0.2) is 29.3 Å². The SMILES string of the molecule is CNC(=O)C1OC(n2cnc3c(NCc4cccc(C(F)(F)F)c4)ncnc32)C(O)C1O. The van der Waals surface area contributed by atoms with Crippen LogP contribution in [0, 0.1) is 0 Å². The molecule has 0 radical (unpaired) electrons. The Labute approximate surface area is 179 Å². The Hall–Kier alpha value is -3.29. The van der Waals surface area contributed by atoms with Gasteiger partial charge in [-0.3, -0.25) is 9.36 Å². The summed E-state index contributed by atoms with van der Waals surface area (Å²) in [7, 11) is 1.38. The number of aromatic nitrogens is 4. The quantitative estimate of drug-likeness (QED) is 0.447. The van der Waals surface area contributed by atoms with Crippen molar-refractivity contribution in [1.82, 2.24) is 24.8 Å². The Bertz CT molecular complexity index is 1140. The van der Waals surface area contributed by atoms with Gasteiger partial charge in [-0.25, -0.2) is 15.0 Å². The number of ether oxygens (including phenoxy) is 1. The fourth-order valence-electron chi connectivity index (χ4n) is 3.46. The summed E-state index contributed by atoms with van der Waals surface area (Å²) in [5.74, 6) is -0.344. The number of alkyl halides is 3. The Morgan fingerprint density at radius 2 is 2.00 bits per heavy atom. The van der Waals surface area contributed by atoms with E-state index in [4.69, 9.17) is 4.74 Å². The van der Waals surface area contributed by atoms with Crippen LogP contribution in [-0.4, -0.2) is 61.0 Å². The lowest BCUT2D eigenvalue weighted by molar-refractivity contribution is -0.138. The molecular formula is C19H19F3N6O4. The minimum absolute atomic E-state index is 0.0445. The molecule has 0 saturated carbocycles. The van der Waals surface area contributed by atoms with Crippen molar-refractivity contribution in [2.45, 2.75) is 37.3 Å². The van der Waals surface area contributed by atoms with Crippen molar-refractivity contribution in [2.24, 2.45) is 0 Å². The zero-order valence-corrected chi connectivity index (χ0v) is 16.6. The van der Waals surface area contributed by atoms with Crippen LogP contribution in [0.4, 0.5) is 19.0 Å². The van der Waals surface area contributed by atoms with Crippen molar-refractivity contribution in [3.8, 4) is 0 Å². The minimum atomic E-state index is -4.45. The molecule has 0 aliphatic carbocycles. The van der Waals surface area contributed by atoms with Crippen molar-refractivity contribution in [1.29, 1.82) is 0 Å². The number of aliphatic hydroxyl groups excluding tert-OH is 2. The summed E-state index contributed by atoms with van der Waals surface area (Å²) in [5, 5.41) is 25.8. The topological polar surface area (TPSA) is 134 Å². The molecule has 3 aromatic rings. The summed E-state index contributed by atoms with van der Waals surface area (Å²) in [6, 6.07) is 4.88. The van der Waals surface area contributed by atoms with E-state index in [-0.39, 0.29) is 23.5 Å². The van der Waals surface area contributed by atoms with E-state index in [9.17, 15) is 28.2 Å². The molecule has 1 aliphatic rings. The average molecular weight is 452 g/mol. The molecule has 170 valence electrons. The van der Waals surface area contributed by atoms with E-state index in [0.29, 0.717) is 5.56 Å². The lowest BCUT2D eigenvalue weighted by atomic mass is 10.1. The molecule has 0 spiro atoms. The minimum Gasteiger partial charge on any atom is -0.387 e. The van der Waals surface area contributed by atoms with Gasteiger partial charge in [0, 0.05) is 13.6 Å². The summed E-state index contributed by atoms with van der Waals surface area (Å²) in [6.07, 6.45) is -7.23. The first kappa shape index (κ1) is 21.9. The van der Waals surface area contributed by atoms with E-state index in [2.05, 4.69) is 25.6 Å².